The lowest BCUT2D eigenvalue weighted by atomic mass is 9.82. The van der Waals surface area contributed by atoms with Gasteiger partial charge in [-0.3, -0.25) is 9.88 Å². The zero-order valence-electron chi connectivity index (χ0n) is 17.5. The minimum atomic E-state index is -0.0500. The van der Waals surface area contributed by atoms with Crippen LogP contribution in [0.5, 0.6) is 0 Å². The second-order valence-electron chi connectivity index (χ2n) is 8.47. The van der Waals surface area contributed by atoms with Crippen LogP contribution in [0.2, 0.25) is 0 Å². The average molecular weight is 398 g/mol. The van der Waals surface area contributed by atoms with E-state index < -0.39 is 0 Å². The Morgan fingerprint density at radius 1 is 1.39 bits per heavy atom. The third-order valence-electron chi connectivity index (χ3n) is 6.14. The Kier molecular flexibility index (Phi) is 6.54. The maximum Gasteiger partial charge on any atom is 0.1000 e. The minimum Gasteiger partial charge on any atom is -0.381 e. The van der Waals surface area contributed by atoms with Crippen molar-refractivity contribution in [3.05, 3.63) is 51.5 Å². The lowest BCUT2D eigenvalue weighted by Crippen LogP contribution is -2.42. The van der Waals surface area contributed by atoms with Crippen LogP contribution in [0.25, 0.3) is 0 Å². The number of aryl methyl sites for hydroxylation is 2. The smallest absolute Gasteiger partial charge is 0.1000 e. The molecule has 3 rings (SSSR count). The van der Waals surface area contributed by atoms with E-state index in [1.165, 1.54) is 10.4 Å². The van der Waals surface area contributed by atoms with Gasteiger partial charge in [-0.2, -0.15) is 5.26 Å². The average Bonchev–Trinajstić information content (AvgIpc) is 3.33. The van der Waals surface area contributed by atoms with Gasteiger partial charge in [-0.15, -0.1) is 11.3 Å². The van der Waals surface area contributed by atoms with Gasteiger partial charge in [0.2, 0.25) is 0 Å². The van der Waals surface area contributed by atoms with Gasteiger partial charge in [-0.25, -0.2) is 0 Å². The Morgan fingerprint density at radius 3 is 2.86 bits per heavy atom. The van der Waals surface area contributed by atoms with Crippen molar-refractivity contribution in [2.24, 2.45) is 5.41 Å². The highest BCUT2D eigenvalue weighted by molar-refractivity contribution is 7.10. The number of pyridine rings is 1. The molecule has 0 amide bonds. The summed E-state index contributed by atoms with van der Waals surface area (Å²) in [6.45, 7) is 12.4. The maximum atomic E-state index is 9.07. The van der Waals surface area contributed by atoms with Crippen molar-refractivity contribution in [2.45, 2.75) is 52.5 Å². The maximum absolute atomic E-state index is 9.07. The van der Waals surface area contributed by atoms with Crippen molar-refractivity contribution in [1.82, 2.24) is 9.88 Å². The predicted octanol–water partition coefficient (Wildman–Crippen LogP) is 4.92. The zero-order valence-corrected chi connectivity index (χ0v) is 18.3. The van der Waals surface area contributed by atoms with E-state index in [4.69, 9.17) is 10.00 Å². The molecule has 1 saturated heterocycles. The molecule has 5 heteroatoms. The number of thiophene rings is 1. The van der Waals surface area contributed by atoms with E-state index in [0.717, 1.165) is 56.8 Å². The van der Waals surface area contributed by atoms with Crippen LogP contribution in [0.4, 0.5) is 0 Å². The Morgan fingerprint density at radius 2 is 2.21 bits per heavy atom. The molecule has 1 aliphatic heterocycles. The lowest BCUT2D eigenvalue weighted by molar-refractivity contribution is 0.0386. The largest absolute Gasteiger partial charge is 0.381 e. The predicted molar refractivity (Wildman–Crippen MR) is 114 cm³/mol. The molecule has 0 N–H and O–H groups in total. The van der Waals surface area contributed by atoms with Crippen molar-refractivity contribution in [3.63, 3.8) is 0 Å². The topological polar surface area (TPSA) is 49.1 Å². The molecule has 0 aliphatic carbocycles. The van der Waals surface area contributed by atoms with Gasteiger partial charge in [-0.1, -0.05) is 6.07 Å². The van der Waals surface area contributed by atoms with E-state index in [0.29, 0.717) is 0 Å². The zero-order chi connectivity index (χ0) is 20.2. The van der Waals surface area contributed by atoms with Gasteiger partial charge in [0.15, 0.2) is 0 Å². The molecular formula is C23H31N3OS. The first-order chi connectivity index (χ1) is 13.4. The van der Waals surface area contributed by atoms with Crippen LogP contribution < -0.4 is 0 Å². The Bertz CT molecular complexity index is 821. The fraction of sp³-hybridized carbons (Fsp3) is 0.565. The van der Waals surface area contributed by atoms with Crippen LogP contribution in [0.1, 0.15) is 55.3 Å². The van der Waals surface area contributed by atoms with Crippen LogP contribution in [0.15, 0.2) is 29.8 Å². The van der Waals surface area contributed by atoms with Crippen molar-refractivity contribution >= 4 is 11.3 Å². The van der Waals surface area contributed by atoms with E-state index in [-0.39, 0.29) is 11.0 Å². The molecule has 3 heterocycles. The van der Waals surface area contributed by atoms with Crippen LogP contribution >= 0.6 is 11.3 Å². The first kappa shape index (κ1) is 21.0. The SMILES string of the molecule is CCOC[C@]1(CCc2cc(C#N)cs2)CCN(C(C)(C)c2ccc(C)nc2)C1. The number of likely N-dealkylation sites (tertiary alicyclic amines) is 1. The molecular weight excluding hydrogens is 366 g/mol. The molecule has 2 aromatic rings. The summed E-state index contributed by atoms with van der Waals surface area (Å²) in [7, 11) is 0. The molecule has 1 fully saturated rings. The molecule has 150 valence electrons. The highest BCUT2D eigenvalue weighted by Gasteiger charge is 2.43. The molecule has 2 aromatic heterocycles. The van der Waals surface area contributed by atoms with E-state index >= 15 is 0 Å². The number of hydrogen-bond donors (Lipinski definition) is 0. The summed E-state index contributed by atoms with van der Waals surface area (Å²) in [6, 6.07) is 8.58. The van der Waals surface area contributed by atoms with Crippen molar-refractivity contribution in [2.75, 3.05) is 26.3 Å². The molecule has 0 radical (unpaired) electrons. The Balaban J connectivity index is 1.73. The summed E-state index contributed by atoms with van der Waals surface area (Å²) >= 11 is 1.70. The Hall–Kier alpha value is -1.74. The minimum absolute atomic E-state index is 0.0500. The summed E-state index contributed by atoms with van der Waals surface area (Å²) in [5.74, 6) is 0. The van der Waals surface area contributed by atoms with Gasteiger partial charge < -0.3 is 4.74 Å². The number of ether oxygens (including phenoxy) is 1. The first-order valence-electron chi connectivity index (χ1n) is 10.1. The molecule has 0 unspecified atom stereocenters. The van der Waals surface area contributed by atoms with Crippen molar-refractivity contribution in [3.8, 4) is 6.07 Å². The summed E-state index contributed by atoms with van der Waals surface area (Å²) in [4.78, 5) is 8.40. The fourth-order valence-electron chi connectivity index (χ4n) is 4.10. The lowest BCUT2D eigenvalue weighted by Gasteiger charge is -2.38. The summed E-state index contributed by atoms with van der Waals surface area (Å²) in [5, 5.41) is 11.0. The van der Waals surface area contributed by atoms with Gasteiger partial charge in [0.05, 0.1) is 18.2 Å². The highest BCUT2D eigenvalue weighted by atomic mass is 32.1. The molecule has 0 saturated carbocycles. The molecule has 0 bridgehead atoms. The van der Waals surface area contributed by atoms with E-state index in [2.05, 4.69) is 48.9 Å². The molecule has 1 atom stereocenters. The quantitative estimate of drug-likeness (QED) is 0.634. The van der Waals surface area contributed by atoms with Gasteiger partial charge in [0.25, 0.3) is 0 Å². The number of nitrogens with zero attached hydrogens (tertiary/aromatic N) is 3. The second kappa shape index (κ2) is 8.73. The molecule has 4 nitrogen and oxygen atoms in total. The third kappa shape index (κ3) is 4.63. The molecule has 1 aliphatic rings. The normalized spacial score (nSPS) is 20.4. The van der Waals surface area contributed by atoms with E-state index in [1.807, 2.05) is 24.6 Å². The van der Waals surface area contributed by atoms with E-state index in [1.54, 1.807) is 11.3 Å². The van der Waals surface area contributed by atoms with Crippen LogP contribution in [-0.4, -0.2) is 36.2 Å². The highest BCUT2D eigenvalue weighted by Crippen LogP contribution is 2.42. The van der Waals surface area contributed by atoms with Crippen molar-refractivity contribution < 1.29 is 4.74 Å². The summed E-state index contributed by atoms with van der Waals surface area (Å²) < 4.78 is 5.93. The van der Waals surface area contributed by atoms with Gasteiger partial charge in [-0.05, 0) is 71.2 Å². The summed E-state index contributed by atoms with van der Waals surface area (Å²) in [5.41, 5.74) is 3.22. The van der Waals surface area contributed by atoms with Crippen molar-refractivity contribution in [1.29, 1.82) is 5.26 Å². The fourth-order valence-corrected chi connectivity index (χ4v) is 4.91. The van der Waals surface area contributed by atoms with Gasteiger partial charge in [0.1, 0.15) is 0 Å². The monoisotopic (exact) mass is 397 g/mol. The third-order valence-corrected chi connectivity index (χ3v) is 7.14. The number of rotatable bonds is 8. The van der Waals surface area contributed by atoms with E-state index in [9.17, 15) is 0 Å². The molecule has 0 aromatic carbocycles. The van der Waals surface area contributed by atoms with Gasteiger partial charge >= 0.3 is 0 Å². The number of aromatic nitrogens is 1. The second-order valence-corrected chi connectivity index (χ2v) is 9.47. The van der Waals surface area contributed by atoms with Crippen LogP contribution in [-0.2, 0) is 16.7 Å². The Labute approximate surface area is 173 Å². The number of nitriles is 1. The molecule has 0 spiro atoms. The van der Waals surface area contributed by atoms with Crippen LogP contribution in [0.3, 0.4) is 0 Å². The first-order valence-corrected chi connectivity index (χ1v) is 11.0. The van der Waals surface area contributed by atoms with Gasteiger partial charge in [0, 0.05) is 46.3 Å². The summed E-state index contributed by atoms with van der Waals surface area (Å²) in [6.07, 6.45) is 5.27. The molecule has 28 heavy (non-hydrogen) atoms. The number of hydrogen-bond acceptors (Lipinski definition) is 5. The standard InChI is InChI=1S/C23H31N3OS/c1-5-27-17-23(9-8-21-12-19(13-24)15-28-21)10-11-26(16-23)22(3,4)20-7-6-18(2)25-14-20/h6-7,12,14-15H,5,8-11,16-17H2,1-4H3/t23-/m1/s1. The van der Waals surface area contributed by atoms with Crippen LogP contribution in [0, 0.1) is 23.7 Å².